The number of sulfonamides is 1. The van der Waals surface area contributed by atoms with Crippen LogP contribution in [0.15, 0.2) is 88.6 Å². The summed E-state index contributed by atoms with van der Waals surface area (Å²) in [6, 6.07) is 17.0. The van der Waals surface area contributed by atoms with Gasteiger partial charge in [-0.1, -0.05) is 42.4 Å². The molecule has 1 heterocycles. The third-order valence-electron chi connectivity index (χ3n) is 6.31. The monoisotopic (exact) mass is 584 g/mol. The lowest BCUT2D eigenvalue weighted by atomic mass is 10.00. The van der Waals surface area contributed by atoms with Gasteiger partial charge in [0.2, 0.25) is 5.03 Å². The number of amides is 1. The number of carbonyl (C=O) groups excluding carboxylic acids is 1. The van der Waals surface area contributed by atoms with Crippen LogP contribution < -0.4 is 15.4 Å². The number of nitrogens with zero attached hydrogens (tertiary/aromatic N) is 1. The maximum absolute atomic E-state index is 13.9. The zero-order valence-corrected chi connectivity index (χ0v) is 23.0. The van der Waals surface area contributed by atoms with Crippen LogP contribution in [0.25, 0.3) is 0 Å². The van der Waals surface area contributed by atoms with E-state index >= 15 is 0 Å². The topological polar surface area (TPSA) is 134 Å². The Morgan fingerprint density at radius 3 is 2.41 bits per heavy atom. The van der Waals surface area contributed by atoms with Gasteiger partial charge in [0.1, 0.15) is 17.9 Å². The summed E-state index contributed by atoms with van der Waals surface area (Å²) in [6.45, 7) is 2.60. The van der Waals surface area contributed by atoms with Crippen LogP contribution in [0.3, 0.4) is 0 Å². The van der Waals surface area contributed by atoms with Crippen LogP contribution in [0.1, 0.15) is 34.0 Å². The summed E-state index contributed by atoms with van der Waals surface area (Å²) in [5.74, 6) is -2.18. The fourth-order valence-corrected chi connectivity index (χ4v) is 5.17. The number of nitrogens with one attached hydrogen (secondary N) is 3. The van der Waals surface area contributed by atoms with Gasteiger partial charge in [-0.05, 0) is 59.9 Å². The van der Waals surface area contributed by atoms with Crippen LogP contribution in [0, 0.1) is 11.6 Å². The van der Waals surface area contributed by atoms with Crippen LogP contribution in [0.5, 0.6) is 0 Å². The minimum Gasteiger partial charge on any atom is -0.390 e. The minimum absolute atomic E-state index is 0.0624. The number of rotatable bonds is 13. The second kappa shape index (κ2) is 13.5. The van der Waals surface area contributed by atoms with Gasteiger partial charge >= 0.3 is 0 Å². The van der Waals surface area contributed by atoms with E-state index in [1.165, 1.54) is 35.9 Å². The number of benzene rings is 3. The Bertz CT molecular complexity index is 1560. The molecule has 12 heteroatoms. The molecule has 9 nitrogen and oxygen atoms in total. The molecular weight excluding hydrogens is 554 g/mol. The summed E-state index contributed by atoms with van der Waals surface area (Å²) in [4.78, 5) is 13.2. The summed E-state index contributed by atoms with van der Waals surface area (Å²) in [7, 11) is -4.04. The van der Waals surface area contributed by atoms with Gasteiger partial charge in [-0.25, -0.2) is 8.78 Å². The predicted molar refractivity (Wildman–Crippen MR) is 149 cm³/mol. The Morgan fingerprint density at radius 2 is 1.71 bits per heavy atom. The zero-order valence-electron chi connectivity index (χ0n) is 22.2. The molecule has 2 atom stereocenters. The molecule has 1 amide bonds. The number of hydrogen-bond acceptors (Lipinski definition) is 7. The van der Waals surface area contributed by atoms with Gasteiger partial charge in [0, 0.05) is 36.5 Å². The summed E-state index contributed by atoms with van der Waals surface area (Å²) in [6.07, 6.45) is 0.810. The van der Waals surface area contributed by atoms with Crippen LogP contribution in [-0.4, -0.2) is 43.3 Å². The average Bonchev–Trinajstić information content (AvgIpc) is 3.49. The van der Waals surface area contributed by atoms with Gasteiger partial charge in [-0.15, -0.1) is 0 Å². The summed E-state index contributed by atoms with van der Waals surface area (Å²) in [5.41, 5.74) is 2.64. The van der Waals surface area contributed by atoms with Crippen LogP contribution in [0.2, 0.25) is 0 Å². The first-order valence-corrected chi connectivity index (χ1v) is 14.4. The van der Waals surface area contributed by atoms with Gasteiger partial charge in [0.15, 0.2) is 0 Å². The van der Waals surface area contributed by atoms with E-state index in [4.69, 9.17) is 0 Å². The van der Waals surface area contributed by atoms with Crippen molar-refractivity contribution in [1.29, 1.82) is 0 Å². The Hall–Kier alpha value is -4.13. The Morgan fingerprint density at radius 1 is 0.976 bits per heavy atom. The first kappa shape index (κ1) is 29.8. The molecule has 0 spiro atoms. The Balaban J connectivity index is 1.48. The SMILES string of the molecule is CCc1cccc(CNCC(O)C(Cc2cc(F)cc(F)c2)NC(=O)c2cccc(NS(=O)(=O)c3ccon3)c2)c1. The number of aromatic nitrogens is 1. The normalized spacial score (nSPS) is 13.0. The zero-order chi connectivity index (χ0) is 29.4. The Kier molecular flexibility index (Phi) is 9.82. The highest BCUT2D eigenvalue weighted by atomic mass is 32.2. The van der Waals surface area contributed by atoms with Crippen LogP contribution in [0.4, 0.5) is 14.5 Å². The largest absolute Gasteiger partial charge is 0.390 e. The van der Waals surface area contributed by atoms with Crippen LogP contribution in [-0.2, 0) is 29.4 Å². The lowest BCUT2D eigenvalue weighted by Gasteiger charge is -2.25. The third kappa shape index (κ3) is 8.43. The molecule has 4 N–H and O–H groups in total. The molecule has 0 fully saturated rings. The molecule has 0 bridgehead atoms. The fourth-order valence-electron chi connectivity index (χ4n) is 4.26. The number of carbonyl (C=O) groups is 1. The van der Waals surface area contributed by atoms with Gasteiger partial charge in [-0.2, -0.15) is 8.42 Å². The van der Waals surface area contributed by atoms with E-state index < -0.39 is 39.7 Å². The van der Waals surface area contributed by atoms with Gasteiger partial charge in [0.25, 0.3) is 15.9 Å². The molecule has 0 saturated heterocycles. The maximum Gasteiger partial charge on any atom is 0.282 e. The van der Waals surface area contributed by atoms with E-state index in [1.54, 1.807) is 0 Å². The molecule has 4 rings (SSSR count). The quantitative estimate of drug-likeness (QED) is 0.188. The molecular formula is C29H30F2N4O5S. The van der Waals surface area contributed by atoms with E-state index in [9.17, 15) is 27.1 Å². The smallest absolute Gasteiger partial charge is 0.282 e. The fraction of sp³-hybridized carbons (Fsp3) is 0.241. The number of aliphatic hydroxyl groups excluding tert-OH is 1. The molecule has 0 aliphatic carbocycles. The predicted octanol–water partition coefficient (Wildman–Crippen LogP) is 3.81. The number of aliphatic hydroxyl groups is 1. The molecule has 2 unspecified atom stereocenters. The molecule has 0 saturated carbocycles. The second-order valence-electron chi connectivity index (χ2n) is 9.46. The maximum atomic E-state index is 13.9. The lowest BCUT2D eigenvalue weighted by Crippen LogP contribution is -2.48. The molecule has 216 valence electrons. The number of hydrogen-bond donors (Lipinski definition) is 4. The van der Waals surface area contributed by atoms with E-state index in [-0.39, 0.29) is 34.8 Å². The van der Waals surface area contributed by atoms with Crippen molar-refractivity contribution in [3.63, 3.8) is 0 Å². The highest BCUT2D eigenvalue weighted by Gasteiger charge is 2.24. The van der Waals surface area contributed by atoms with Crippen molar-refractivity contribution in [2.75, 3.05) is 11.3 Å². The minimum atomic E-state index is -4.04. The first-order chi connectivity index (χ1) is 19.6. The first-order valence-electron chi connectivity index (χ1n) is 12.9. The highest BCUT2D eigenvalue weighted by Crippen LogP contribution is 2.17. The molecule has 0 radical (unpaired) electrons. The lowest BCUT2D eigenvalue weighted by molar-refractivity contribution is 0.0830. The molecule has 1 aromatic heterocycles. The van der Waals surface area contributed by atoms with Crippen molar-refractivity contribution in [2.24, 2.45) is 0 Å². The van der Waals surface area contributed by atoms with Crippen molar-refractivity contribution in [2.45, 2.75) is 43.5 Å². The molecule has 0 aliphatic heterocycles. The average molecular weight is 585 g/mol. The van der Waals surface area contributed by atoms with Crippen molar-refractivity contribution < 1.29 is 31.6 Å². The van der Waals surface area contributed by atoms with Gasteiger partial charge in [0.05, 0.1) is 12.1 Å². The highest BCUT2D eigenvalue weighted by molar-refractivity contribution is 7.92. The van der Waals surface area contributed by atoms with Gasteiger partial charge < -0.3 is 20.3 Å². The van der Waals surface area contributed by atoms with Gasteiger partial charge in [-0.3, -0.25) is 9.52 Å². The summed E-state index contributed by atoms with van der Waals surface area (Å²) in [5, 5.41) is 20.0. The third-order valence-corrected chi connectivity index (χ3v) is 7.57. The van der Waals surface area contributed by atoms with E-state index in [0.717, 1.165) is 36.4 Å². The van der Waals surface area contributed by atoms with E-state index in [2.05, 4.69) is 38.0 Å². The molecule has 0 aliphatic rings. The molecule has 4 aromatic rings. The number of aryl methyl sites for hydroxylation is 1. The standard InChI is InChI=1S/C29H30F2N4O5S/c1-2-19-5-3-6-20(11-19)17-32-18-27(36)26(14-21-12-23(30)16-24(31)13-21)33-29(37)22-7-4-8-25(15-22)35-41(38,39)28-9-10-40-34-28/h3-13,15-16,26-27,32,35-36H,2,14,17-18H2,1H3,(H,33,37). The van der Waals surface area contributed by atoms with Crippen molar-refractivity contribution in [3.8, 4) is 0 Å². The summed E-state index contributed by atoms with van der Waals surface area (Å²) < 4.78 is 59.6. The number of anilines is 1. The van der Waals surface area contributed by atoms with Crippen LogP contribution >= 0.6 is 0 Å². The Labute approximate surface area is 236 Å². The van der Waals surface area contributed by atoms with Crippen molar-refractivity contribution >= 4 is 21.6 Å². The second-order valence-corrected chi connectivity index (χ2v) is 11.1. The number of halogens is 2. The molecule has 3 aromatic carbocycles. The van der Waals surface area contributed by atoms with E-state index in [1.807, 2.05) is 18.2 Å². The summed E-state index contributed by atoms with van der Waals surface area (Å²) >= 11 is 0. The van der Waals surface area contributed by atoms with Crippen molar-refractivity contribution in [1.82, 2.24) is 15.8 Å². The van der Waals surface area contributed by atoms with E-state index in [0.29, 0.717) is 6.54 Å². The van der Waals surface area contributed by atoms with Crippen molar-refractivity contribution in [3.05, 3.63) is 113 Å². The molecule has 41 heavy (non-hydrogen) atoms.